The van der Waals surface area contributed by atoms with Crippen LogP contribution >= 0.6 is 34.5 Å². The molecule has 2 amide bonds. The molecular formula is C18H18Cl2N2O3S. The van der Waals surface area contributed by atoms with E-state index in [2.05, 4.69) is 10.6 Å². The number of benzene rings is 1. The molecule has 138 valence electrons. The maximum absolute atomic E-state index is 11.8. The van der Waals surface area contributed by atoms with Crippen molar-refractivity contribution in [2.24, 2.45) is 0 Å². The van der Waals surface area contributed by atoms with Gasteiger partial charge >= 0.3 is 0 Å². The molecule has 0 spiro atoms. The van der Waals surface area contributed by atoms with Gasteiger partial charge in [-0.25, -0.2) is 0 Å². The average Bonchev–Trinajstić information content (AvgIpc) is 3.13. The molecule has 0 radical (unpaired) electrons. The predicted octanol–water partition coefficient (Wildman–Crippen LogP) is 3.84. The van der Waals surface area contributed by atoms with Crippen molar-refractivity contribution in [1.82, 2.24) is 10.6 Å². The molecule has 2 aromatic rings. The van der Waals surface area contributed by atoms with Crippen LogP contribution in [0.3, 0.4) is 0 Å². The van der Waals surface area contributed by atoms with Crippen LogP contribution < -0.4 is 10.6 Å². The minimum atomic E-state index is -0.247. The van der Waals surface area contributed by atoms with Crippen molar-refractivity contribution in [1.29, 1.82) is 0 Å². The second-order valence-corrected chi connectivity index (χ2v) is 7.30. The zero-order valence-electron chi connectivity index (χ0n) is 13.9. The van der Waals surface area contributed by atoms with Crippen LogP contribution in [-0.4, -0.2) is 24.1 Å². The van der Waals surface area contributed by atoms with Crippen molar-refractivity contribution >= 4 is 52.1 Å². The number of thiophene rings is 1. The number of nitrogens with one attached hydrogen (secondary N) is 2. The summed E-state index contributed by atoms with van der Waals surface area (Å²) < 4.78 is 0. The molecule has 1 aromatic heterocycles. The summed E-state index contributed by atoms with van der Waals surface area (Å²) in [5, 5.41) is 8.21. The van der Waals surface area contributed by atoms with Crippen molar-refractivity contribution in [2.45, 2.75) is 25.8 Å². The van der Waals surface area contributed by atoms with E-state index in [1.807, 2.05) is 5.38 Å². The number of hydrogen-bond donors (Lipinski definition) is 2. The van der Waals surface area contributed by atoms with Gasteiger partial charge in [-0.2, -0.15) is 0 Å². The summed E-state index contributed by atoms with van der Waals surface area (Å²) in [7, 11) is 0. The number of ketones is 1. The highest BCUT2D eigenvalue weighted by Gasteiger charge is 2.10. The molecule has 0 saturated heterocycles. The summed E-state index contributed by atoms with van der Waals surface area (Å²) in [5.41, 5.74) is 0.764. The Morgan fingerprint density at radius 1 is 0.962 bits per heavy atom. The van der Waals surface area contributed by atoms with Gasteiger partial charge in [0.25, 0.3) is 0 Å². The first kappa shape index (κ1) is 20.4. The topological polar surface area (TPSA) is 75.3 Å². The van der Waals surface area contributed by atoms with Gasteiger partial charge in [-0.1, -0.05) is 35.3 Å². The lowest BCUT2D eigenvalue weighted by Gasteiger charge is -2.08. The highest BCUT2D eigenvalue weighted by atomic mass is 35.5. The zero-order valence-corrected chi connectivity index (χ0v) is 16.2. The van der Waals surface area contributed by atoms with E-state index < -0.39 is 0 Å². The zero-order chi connectivity index (χ0) is 18.9. The molecule has 0 aliphatic heterocycles. The third kappa shape index (κ3) is 6.78. The third-order valence-corrected chi connectivity index (χ3v) is 5.04. The second kappa shape index (κ2) is 10.3. The smallest absolute Gasteiger partial charge is 0.222 e. The van der Waals surface area contributed by atoms with Gasteiger partial charge in [0.05, 0.1) is 4.88 Å². The number of carbonyl (C=O) groups excluding carboxylic acids is 3. The highest BCUT2D eigenvalue weighted by molar-refractivity contribution is 7.12. The van der Waals surface area contributed by atoms with Crippen molar-refractivity contribution in [3.63, 3.8) is 0 Å². The Morgan fingerprint density at radius 3 is 2.42 bits per heavy atom. The normalized spacial score (nSPS) is 10.4. The van der Waals surface area contributed by atoms with Crippen molar-refractivity contribution in [3.8, 4) is 0 Å². The molecule has 0 aliphatic carbocycles. The molecule has 26 heavy (non-hydrogen) atoms. The molecule has 5 nitrogen and oxygen atoms in total. The van der Waals surface area contributed by atoms with Crippen LogP contribution in [0.1, 0.15) is 34.5 Å². The Kier molecular flexibility index (Phi) is 8.09. The molecule has 2 rings (SSSR count). The number of rotatable bonds is 9. The molecule has 1 aromatic carbocycles. The first-order valence-corrected chi connectivity index (χ1v) is 9.63. The van der Waals surface area contributed by atoms with Crippen LogP contribution in [0.2, 0.25) is 10.0 Å². The maximum Gasteiger partial charge on any atom is 0.222 e. The van der Waals surface area contributed by atoms with Crippen LogP contribution in [0.4, 0.5) is 0 Å². The number of hydrogen-bond acceptors (Lipinski definition) is 4. The van der Waals surface area contributed by atoms with E-state index in [1.165, 1.54) is 11.3 Å². The Labute approximate surface area is 165 Å². The van der Waals surface area contributed by atoms with E-state index in [0.717, 1.165) is 5.56 Å². The lowest BCUT2D eigenvalue weighted by atomic mass is 10.2. The van der Waals surface area contributed by atoms with Crippen LogP contribution in [0.5, 0.6) is 0 Å². The number of Topliss-reactive ketones (excluding diaryl/α,β-unsaturated/α-hetero) is 1. The molecule has 0 fully saturated rings. The number of carbonyl (C=O) groups is 3. The number of amides is 2. The molecular weight excluding hydrogens is 395 g/mol. The molecule has 0 saturated carbocycles. The van der Waals surface area contributed by atoms with E-state index in [9.17, 15) is 14.4 Å². The Balaban J connectivity index is 1.61. The van der Waals surface area contributed by atoms with Gasteiger partial charge in [-0.15, -0.1) is 11.3 Å². The summed E-state index contributed by atoms with van der Waals surface area (Å²) in [6.07, 6.45) is 0.419. The van der Waals surface area contributed by atoms with Crippen LogP contribution in [0, 0.1) is 0 Å². The molecule has 1 heterocycles. The fraction of sp³-hybridized carbons (Fsp3) is 0.278. The summed E-state index contributed by atoms with van der Waals surface area (Å²) in [4.78, 5) is 36.0. The lowest BCUT2D eigenvalue weighted by molar-refractivity contribution is -0.122. The van der Waals surface area contributed by atoms with Crippen molar-refractivity contribution in [3.05, 3.63) is 56.2 Å². The second-order valence-electron chi connectivity index (χ2n) is 5.51. The molecule has 0 aliphatic rings. The third-order valence-electron chi connectivity index (χ3n) is 3.54. The SMILES string of the molecule is O=C(CCC(=O)c1cccs1)NCCC(=O)NCc1ccc(Cl)cc1Cl. The van der Waals surface area contributed by atoms with Gasteiger partial charge in [0.15, 0.2) is 5.78 Å². The summed E-state index contributed by atoms with van der Waals surface area (Å²) in [5.74, 6) is -0.498. The van der Waals surface area contributed by atoms with E-state index in [1.54, 1.807) is 30.3 Å². The van der Waals surface area contributed by atoms with Gasteiger partial charge in [-0.3, -0.25) is 14.4 Å². The number of halogens is 2. The van der Waals surface area contributed by atoms with E-state index in [4.69, 9.17) is 23.2 Å². The summed E-state index contributed by atoms with van der Waals surface area (Å²) in [6, 6.07) is 8.60. The molecule has 0 atom stereocenters. The van der Waals surface area contributed by atoms with Gasteiger partial charge in [0, 0.05) is 42.4 Å². The highest BCUT2D eigenvalue weighted by Crippen LogP contribution is 2.20. The van der Waals surface area contributed by atoms with E-state index in [0.29, 0.717) is 14.9 Å². The molecule has 2 N–H and O–H groups in total. The predicted molar refractivity (Wildman–Crippen MR) is 104 cm³/mol. The van der Waals surface area contributed by atoms with Crippen LogP contribution in [0.15, 0.2) is 35.7 Å². The van der Waals surface area contributed by atoms with Crippen molar-refractivity contribution < 1.29 is 14.4 Å². The first-order valence-electron chi connectivity index (χ1n) is 7.99. The fourth-order valence-corrected chi connectivity index (χ4v) is 3.31. The first-order chi connectivity index (χ1) is 12.5. The van der Waals surface area contributed by atoms with Gasteiger partial charge < -0.3 is 10.6 Å². The molecule has 0 unspecified atom stereocenters. The van der Waals surface area contributed by atoms with Crippen molar-refractivity contribution in [2.75, 3.05) is 6.54 Å². The van der Waals surface area contributed by atoms with Crippen LogP contribution in [0.25, 0.3) is 0 Å². The van der Waals surface area contributed by atoms with Gasteiger partial charge in [0.2, 0.25) is 11.8 Å². The average molecular weight is 413 g/mol. The minimum absolute atomic E-state index is 0.0484. The van der Waals surface area contributed by atoms with E-state index >= 15 is 0 Å². The quantitative estimate of drug-likeness (QED) is 0.614. The standard InChI is InChI=1S/C18H18Cl2N2O3S/c19-13-4-3-12(14(20)10-13)11-22-18(25)7-8-21-17(24)6-5-15(23)16-2-1-9-26-16/h1-4,9-10H,5-8,11H2,(H,21,24)(H,22,25). The molecule has 8 heteroatoms. The summed E-state index contributed by atoms with van der Waals surface area (Å²) in [6.45, 7) is 0.504. The maximum atomic E-state index is 11.8. The fourth-order valence-electron chi connectivity index (χ4n) is 2.14. The van der Waals surface area contributed by atoms with Crippen LogP contribution in [-0.2, 0) is 16.1 Å². The monoisotopic (exact) mass is 412 g/mol. The van der Waals surface area contributed by atoms with Gasteiger partial charge in [0.1, 0.15) is 0 Å². The largest absolute Gasteiger partial charge is 0.356 e. The molecule has 0 bridgehead atoms. The lowest BCUT2D eigenvalue weighted by Crippen LogP contribution is -2.30. The Bertz CT molecular complexity index is 779. The Morgan fingerprint density at radius 2 is 1.73 bits per heavy atom. The van der Waals surface area contributed by atoms with Gasteiger partial charge in [-0.05, 0) is 29.1 Å². The Hall–Kier alpha value is -1.89. The minimum Gasteiger partial charge on any atom is -0.356 e. The van der Waals surface area contributed by atoms with E-state index in [-0.39, 0.29) is 49.9 Å². The summed E-state index contributed by atoms with van der Waals surface area (Å²) >= 11 is 13.2.